The van der Waals surface area contributed by atoms with Crippen LogP contribution < -0.4 is 15.0 Å². The van der Waals surface area contributed by atoms with Gasteiger partial charge in [-0.25, -0.2) is 4.39 Å². The van der Waals surface area contributed by atoms with Crippen LogP contribution in [0.2, 0.25) is 0 Å². The van der Waals surface area contributed by atoms with Crippen molar-refractivity contribution in [1.82, 2.24) is 14.5 Å². The molecule has 32 heavy (non-hydrogen) atoms. The van der Waals surface area contributed by atoms with Crippen molar-refractivity contribution in [2.24, 2.45) is 0 Å². The topological polar surface area (TPSA) is 93.9 Å². The van der Waals surface area contributed by atoms with Crippen LogP contribution in [0.5, 0.6) is 17.4 Å². The summed E-state index contributed by atoms with van der Waals surface area (Å²) in [6.45, 7) is 0.991. The van der Waals surface area contributed by atoms with Gasteiger partial charge >= 0.3 is 0 Å². The molecule has 0 atom stereocenters. The molecule has 0 unspecified atom stereocenters. The lowest BCUT2D eigenvalue weighted by atomic mass is 10.1. The zero-order valence-corrected chi connectivity index (χ0v) is 17.7. The summed E-state index contributed by atoms with van der Waals surface area (Å²) in [4.78, 5) is 32.5. The van der Waals surface area contributed by atoms with E-state index in [0.29, 0.717) is 30.2 Å². The standard InChI is InChI=1S/C23H22FN3O5/c1-31-16-6-5-7-17(32-2)19(16)27-20(14-8-10-15(24)11-9-14)25-21(28)18(23(27)30)22(29)26-12-3-4-13-26/h5-11,28H,3-4,12-13H2,1-2H3. The molecule has 4 rings (SSSR count). The molecule has 9 heteroatoms. The van der Waals surface area contributed by atoms with Gasteiger partial charge < -0.3 is 19.5 Å². The molecular formula is C23H22FN3O5. The predicted molar refractivity (Wildman–Crippen MR) is 115 cm³/mol. The normalized spacial score (nSPS) is 13.3. The lowest BCUT2D eigenvalue weighted by Crippen LogP contribution is -2.36. The molecule has 1 saturated heterocycles. The highest BCUT2D eigenvalue weighted by Gasteiger charge is 2.30. The SMILES string of the molecule is COc1cccc(OC)c1-n1c(-c2ccc(F)cc2)nc(O)c(C(=O)N2CCCC2)c1=O. The minimum Gasteiger partial charge on any atom is -0.494 e. The summed E-state index contributed by atoms with van der Waals surface area (Å²) in [5.41, 5.74) is -0.654. The van der Waals surface area contributed by atoms with Crippen LogP contribution >= 0.6 is 0 Å². The number of ether oxygens (including phenoxy) is 2. The summed E-state index contributed by atoms with van der Waals surface area (Å²) in [5, 5.41) is 10.6. The summed E-state index contributed by atoms with van der Waals surface area (Å²) < 4.78 is 25.6. The quantitative estimate of drug-likeness (QED) is 0.657. The minimum atomic E-state index is -0.781. The third-order valence-corrected chi connectivity index (χ3v) is 5.40. The van der Waals surface area contributed by atoms with Crippen LogP contribution in [-0.2, 0) is 0 Å². The van der Waals surface area contributed by atoms with Crippen molar-refractivity contribution in [1.29, 1.82) is 0 Å². The van der Waals surface area contributed by atoms with E-state index in [1.165, 1.54) is 43.4 Å². The molecule has 8 nitrogen and oxygen atoms in total. The van der Waals surface area contributed by atoms with Gasteiger partial charge in [-0.2, -0.15) is 4.98 Å². The maximum atomic E-state index is 13.7. The number of amides is 1. The third-order valence-electron chi connectivity index (χ3n) is 5.40. The highest BCUT2D eigenvalue weighted by atomic mass is 19.1. The number of likely N-dealkylation sites (tertiary alicyclic amines) is 1. The number of hydrogen-bond acceptors (Lipinski definition) is 6. The van der Waals surface area contributed by atoms with Gasteiger partial charge in [0.2, 0.25) is 5.88 Å². The lowest BCUT2D eigenvalue weighted by molar-refractivity contribution is 0.0786. The number of hydrogen-bond donors (Lipinski definition) is 1. The van der Waals surface area contributed by atoms with Gasteiger partial charge in [-0.05, 0) is 49.2 Å². The number of rotatable bonds is 5. The van der Waals surface area contributed by atoms with Gasteiger partial charge in [0.05, 0.1) is 14.2 Å². The van der Waals surface area contributed by atoms with E-state index in [9.17, 15) is 19.1 Å². The summed E-state index contributed by atoms with van der Waals surface area (Å²) in [7, 11) is 2.87. The van der Waals surface area contributed by atoms with Crippen LogP contribution in [0.4, 0.5) is 4.39 Å². The number of para-hydroxylation sites is 1. The highest BCUT2D eigenvalue weighted by Crippen LogP contribution is 2.35. The number of methoxy groups -OCH3 is 2. The number of aromatic nitrogens is 2. The van der Waals surface area contributed by atoms with Crippen molar-refractivity contribution in [3.63, 3.8) is 0 Å². The van der Waals surface area contributed by atoms with Gasteiger partial charge in [0.1, 0.15) is 23.0 Å². The second kappa shape index (κ2) is 8.70. The fourth-order valence-electron chi connectivity index (χ4n) is 3.83. The molecule has 1 aliphatic heterocycles. The van der Waals surface area contributed by atoms with Crippen molar-refractivity contribution < 1.29 is 23.8 Å². The first-order valence-electron chi connectivity index (χ1n) is 10.1. The third kappa shape index (κ3) is 3.66. The number of aromatic hydroxyl groups is 1. The maximum Gasteiger partial charge on any atom is 0.275 e. The summed E-state index contributed by atoms with van der Waals surface area (Å²) in [6, 6.07) is 10.2. The molecule has 166 valence electrons. The first-order valence-corrected chi connectivity index (χ1v) is 10.1. The molecule has 1 amide bonds. The average Bonchev–Trinajstić information content (AvgIpc) is 3.34. The van der Waals surface area contributed by atoms with Crippen molar-refractivity contribution >= 4 is 5.91 Å². The van der Waals surface area contributed by atoms with E-state index in [2.05, 4.69) is 4.98 Å². The van der Waals surface area contributed by atoms with Crippen molar-refractivity contribution in [3.05, 3.63) is 64.2 Å². The van der Waals surface area contributed by atoms with E-state index >= 15 is 0 Å². The molecule has 1 aliphatic rings. The number of carbonyl (C=O) groups excluding carboxylic acids is 1. The first-order chi connectivity index (χ1) is 15.5. The molecule has 0 spiro atoms. The molecule has 2 aromatic carbocycles. The van der Waals surface area contributed by atoms with Crippen LogP contribution in [0.1, 0.15) is 23.2 Å². The van der Waals surface area contributed by atoms with Crippen molar-refractivity contribution in [3.8, 4) is 34.5 Å². The van der Waals surface area contributed by atoms with E-state index in [-0.39, 0.29) is 11.5 Å². The van der Waals surface area contributed by atoms with Gasteiger partial charge in [-0.3, -0.25) is 14.2 Å². The van der Waals surface area contributed by atoms with Crippen molar-refractivity contribution in [2.45, 2.75) is 12.8 Å². The molecular weight excluding hydrogens is 417 g/mol. The number of halogens is 1. The molecule has 2 heterocycles. The Balaban J connectivity index is 2.06. The van der Waals surface area contributed by atoms with E-state index in [4.69, 9.17) is 9.47 Å². The highest BCUT2D eigenvalue weighted by molar-refractivity contribution is 5.96. The molecule has 0 bridgehead atoms. The Kier molecular flexibility index (Phi) is 5.81. The molecule has 1 aromatic heterocycles. The molecule has 0 saturated carbocycles. The van der Waals surface area contributed by atoms with Gasteiger partial charge in [0.25, 0.3) is 11.5 Å². The van der Waals surface area contributed by atoms with Gasteiger partial charge in [0, 0.05) is 18.7 Å². The van der Waals surface area contributed by atoms with Crippen LogP contribution in [0.3, 0.4) is 0 Å². The van der Waals surface area contributed by atoms with E-state index in [1.807, 2.05) is 0 Å². The van der Waals surface area contributed by atoms with E-state index in [0.717, 1.165) is 17.4 Å². The second-order valence-electron chi connectivity index (χ2n) is 7.29. The zero-order chi connectivity index (χ0) is 22.8. The fraction of sp³-hybridized carbons (Fsp3) is 0.261. The Hall–Kier alpha value is -3.88. The molecule has 0 aliphatic carbocycles. The maximum absolute atomic E-state index is 13.7. The summed E-state index contributed by atoms with van der Waals surface area (Å²) in [6.07, 6.45) is 1.64. The minimum absolute atomic E-state index is 0.00766. The largest absolute Gasteiger partial charge is 0.494 e. The smallest absolute Gasteiger partial charge is 0.275 e. The Morgan fingerprint density at radius 1 is 1.03 bits per heavy atom. The average molecular weight is 439 g/mol. The van der Waals surface area contributed by atoms with Crippen LogP contribution in [0.15, 0.2) is 47.3 Å². The summed E-state index contributed by atoms with van der Waals surface area (Å²) >= 11 is 0. The Morgan fingerprint density at radius 2 is 1.62 bits per heavy atom. The van der Waals surface area contributed by atoms with Crippen molar-refractivity contribution in [2.75, 3.05) is 27.3 Å². The molecule has 0 radical (unpaired) electrons. The second-order valence-corrected chi connectivity index (χ2v) is 7.29. The van der Waals surface area contributed by atoms with Gasteiger partial charge in [-0.1, -0.05) is 6.07 Å². The first kappa shape index (κ1) is 21.4. The Labute approximate surface area is 183 Å². The predicted octanol–water partition coefficient (Wildman–Crippen LogP) is 3.00. The monoisotopic (exact) mass is 439 g/mol. The van der Waals surface area contributed by atoms with Gasteiger partial charge in [-0.15, -0.1) is 0 Å². The van der Waals surface area contributed by atoms with Crippen LogP contribution in [0.25, 0.3) is 17.1 Å². The fourth-order valence-corrected chi connectivity index (χ4v) is 3.83. The Bertz CT molecular complexity index is 1200. The summed E-state index contributed by atoms with van der Waals surface area (Å²) in [5.74, 6) is -1.15. The van der Waals surface area contributed by atoms with E-state index in [1.54, 1.807) is 18.2 Å². The lowest BCUT2D eigenvalue weighted by Gasteiger charge is -2.21. The van der Waals surface area contributed by atoms with Crippen LogP contribution in [-0.4, -0.2) is 52.8 Å². The number of carbonyl (C=O) groups is 1. The number of nitrogens with zero attached hydrogens (tertiary/aromatic N) is 3. The van der Waals surface area contributed by atoms with E-state index < -0.39 is 28.7 Å². The zero-order valence-electron chi connectivity index (χ0n) is 17.7. The molecule has 1 N–H and O–H groups in total. The Morgan fingerprint density at radius 3 is 2.19 bits per heavy atom. The molecule has 1 fully saturated rings. The number of benzene rings is 2. The van der Waals surface area contributed by atoms with Gasteiger partial charge in [0.15, 0.2) is 11.4 Å². The molecule has 3 aromatic rings. The van der Waals surface area contributed by atoms with Crippen LogP contribution in [0, 0.1) is 5.82 Å².